The number of likely N-dealkylation sites (tertiary alicyclic amines) is 1. The smallest absolute Gasteiger partial charge is 0.345 e. The van der Waals surface area contributed by atoms with Crippen molar-refractivity contribution in [1.82, 2.24) is 25.3 Å². The summed E-state index contributed by atoms with van der Waals surface area (Å²) >= 11 is 0. The molecular formula is C25H25F3N6O3. The number of benzene rings is 2. The van der Waals surface area contributed by atoms with E-state index in [4.69, 9.17) is 0 Å². The molecule has 0 unspecified atom stereocenters. The number of hydrogen-bond acceptors (Lipinski definition) is 5. The zero-order valence-corrected chi connectivity index (χ0v) is 19.8. The van der Waals surface area contributed by atoms with Gasteiger partial charge in [-0.3, -0.25) is 19.5 Å². The first-order valence-electron chi connectivity index (χ1n) is 11.8. The summed E-state index contributed by atoms with van der Waals surface area (Å²) in [5.74, 6) is -1.37. The third-order valence-corrected chi connectivity index (χ3v) is 6.97. The molecule has 3 heterocycles. The highest BCUT2D eigenvalue weighted by Gasteiger charge is 2.54. The predicted molar refractivity (Wildman–Crippen MR) is 129 cm³/mol. The Morgan fingerprint density at radius 3 is 2.51 bits per heavy atom. The molecule has 2 aliphatic heterocycles. The number of piperidine rings is 1. The van der Waals surface area contributed by atoms with Crippen LogP contribution in [0, 0.1) is 0 Å². The van der Waals surface area contributed by atoms with E-state index in [-0.39, 0.29) is 18.5 Å². The maximum absolute atomic E-state index is 13.6. The fourth-order valence-electron chi connectivity index (χ4n) is 5.08. The summed E-state index contributed by atoms with van der Waals surface area (Å²) in [6, 6.07) is 14.5. The number of H-pyrrole nitrogens is 1. The molecule has 9 nitrogen and oxygen atoms in total. The number of alkyl halides is 3. The number of amides is 3. The Balaban J connectivity index is 1.33. The lowest BCUT2D eigenvalue weighted by Gasteiger charge is -2.43. The molecule has 5 rings (SSSR count). The Morgan fingerprint density at radius 1 is 1.08 bits per heavy atom. The lowest BCUT2D eigenvalue weighted by molar-refractivity contribution is -0.142. The monoisotopic (exact) mass is 514 g/mol. The van der Waals surface area contributed by atoms with Gasteiger partial charge >= 0.3 is 6.18 Å². The van der Waals surface area contributed by atoms with Crippen LogP contribution in [0.3, 0.4) is 0 Å². The van der Waals surface area contributed by atoms with Crippen LogP contribution in [-0.4, -0.2) is 82.3 Å². The fraction of sp³-hybridized carbons (Fsp3) is 0.360. The van der Waals surface area contributed by atoms with E-state index in [0.717, 1.165) is 16.6 Å². The molecule has 2 aromatic carbocycles. The van der Waals surface area contributed by atoms with Gasteiger partial charge in [-0.15, -0.1) is 0 Å². The van der Waals surface area contributed by atoms with Gasteiger partial charge in [0.2, 0.25) is 5.91 Å². The Labute approximate surface area is 210 Å². The van der Waals surface area contributed by atoms with E-state index >= 15 is 0 Å². The number of carbonyl (C=O) groups is 3. The molecule has 1 aromatic heterocycles. The number of halogens is 3. The number of carbonyl (C=O) groups excluding carboxylic acids is 3. The van der Waals surface area contributed by atoms with E-state index in [1.54, 1.807) is 23.2 Å². The third kappa shape index (κ3) is 4.83. The van der Waals surface area contributed by atoms with Crippen LogP contribution in [-0.2, 0) is 9.59 Å². The van der Waals surface area contributed by atoms with Gasteiger partial charge in [0.25, 0.3) is 11.8 Å². The minimum Gasteiger partial charge on any atom is -0.345 e. The zero-order chi connectivity index (χ0) is 26.2. The van der Waals surface area contributed by atoms with Crippen molar-refractivity contribution in [2.75, 3.05) is 37.7 Å². The quantitative estimate of drug-likeness (QED) is 0.545. The van der Waals surface area contributed by atoms with Gasteiger partial charge < -0.3 is 20.0 Å². The number of para-hydroxylation sites is 1. The van der Waals surface area contributed by atoms with Gasteiger partial charge in [-0.1, -0.05) is 24.3 Å². The molecule has 0 saturated carbocycles. The molecular weight excluding hydrogens is 489 g/mol. The predicted octanol–water partition coefficient (Wildman–Crippen LogP) is 2.52. The molecule has 2 aliphatic rings. The highest BCUT2D eigenvalue weighted by molar-refractivity contribution is 5.99. The summed E-state index contributed by atoms with van der Waals surface area (Å²) in [5.41, 5.74) is 1.02. The SMILES string of the molecule is O=C(CN1CN(c2ccccc2)C2(CCN(C(=O)c3ccc4cn[nH]c4c3)CC2)C1=O)NCC(F)(F)F. The summed E-state index contributed by atoms with van der Waals surface area (Å²) in [7, 11) is 0. The lowest BCUT2D eigenvalue weighted by Crippen LogP contribution is -2.57. The third-order valence-electron chi connectivity index (χ3n) is 6.97. The molecule has 0 bridgehead atoms. The van der Waals surface area contributed by atoms with Crippen LogP contribution in [0.15, 0.2) is 54.7 Å². The number of aromatic nitrogens is 2. The first-order valence-corrected chi connectivity index (χ1v) is 11.8. The van der Waals surface area contributed by atoms with Crippen molar-refractivity contribution in [3.05, 3.63) is 60.3 Å². The molecule has 37 heavy (non-hydrogen) atoms. The average Bonchev–Trinajstić information content (AvgIpc) is 3.46. The second kappa shape index (κ2) is 9.41. The van der Waals surface area contributed by atoms with Crippen LogP contribution in [0.1, 0.15) is 23.2 Å². The summed E-state index contributed by atoms with van der Waals surface area (Å²) < 4.78 is 37.6. The minimum atomic E-state index is -4.54. The van der Waals surface area contributed by atoms with E-state index in [1.807, 2.05) is 46.6 Å². The largest absolute Gasteiger partial charge is 0.405 e. The van der Waals surface area contributed by atoms with Crippen molar-refractivity contribution in [2.45, 2.75) is 24.6 Å². The summed E-state index contributed by atoms with van der Waals surface area (Å²) in [4.78, 5) is 43.9. The van der Waals surface area contributed by atoms with Crippen molar-refractivity contribution in [3.63, 3.8) is 0 Å². The molecule has 2 N–H and O–H groups in total. The van der Waals surface area contributed by atoms with Gasteiger partial charge in [-0.05, 0) is 37.1 Å². The second-order valence-electron chi connectivity index (χ2n) is 9.30. The zero-order valence-electron chi connectivity index (χ0n) is 19.8. The van der Waals surface area contributed by atoms with Gasteiger partial charge in [0.05, 0.1) is 18.4 Å². The maximum atomic E-state index is 13.6. The Kier molecular flexibility index (Phi) is 6.26. The van der Waals surface area contributed by atoms with E-state index < -0.39 is 30.7 Å². The molecule has 3 aromatic rings. The van der Waals surface area contributed by atoms with Crippen LogP contribution >= 0.6 is 0 Å². The Hall–Kier alpha value is -4.09. The number of aromatic amines is 1. The second-order valence-corrected chi connectivity index (χ2v) is 9.30. The number of anilines is 1. The van der Waals surface area contributed by atoms with E-state index in [0.29, 0.717) is 31.5 Å². The maximum Gasteiger partial charge on any atom is 0.405 e. The molecule has 12 heteroatoms. The van der Waals surface area contributed by atoms with Crippen LogP contribution in [0.25, 0.3) is 10.9 Å². The minimum absolute atomic E-state index is 0.0622. The summed E-state index contributed by atoms with van der Waals surface area (Å²) in [6.45, 7) is -1.26. The Morgan fingerprint density at radius 2 is 1.81 bits per heavy atom. The molecule has 0 aliphatic carbocycles. The van der Waals surface area contributed by atoms with Crippen molar-refractivity contribution < 1.29 is 27.6 Å². The molecule has 0 atom stereocenters. The standard InChI is InChI=1S/C25H25F3N6O3/c26-25(27,28)15-29-21(35)14-33-16-34(19-4-2-1-3-5-19)24(23(33)37)8-10-32(11-9-24)22(36)17-6-7-18-13-30-31-20(18)12-17/h1-7,12-13H,8-11,14-16H2,(H,29,35)(H,30,31). The normalized spacial score (nSPS) is 17.6. The molecule has 2 saturated heterocycles. The first-order chi connectivity index (χ1) is 17.7. The number of fused-ring (bicyclic) bond motifs is 1. The topological polar surface area (TPSA) is 102 Å². The van der Waals surface area contributed by atoms with Crippen molar-refractivity contribution >= 4 is 34.3 Å². The van der Waals surface area contributed by atoms with Crippen LogP contribution in [0.2, 0.25) is 0 Å². The number of hydrogen-bond donors (Lipinski definition) is 2. The van der Waals surface area contributed by atoms with E-state index in [9.17, 15) is 27.6 Å². The van der Waals surface area contributed by atoms with Crippen molar-refractivity contribution in [2.24, 2.45) is 0 Å². The highest BCUT2D eigenvalue weighted by atomic mass is 19.4. The van der Waals surface area contributed by atoms with Crippen molar-refractivity contribution in [1.29, 1.82) is 0 Å². The van der Waals surface area contributed by atoms with Crippen molar-refractivity contribution in [3.8, 4) is 0 Å². The van der Waals surface area contributed by atoms with E-state index in [1.165, 1.54) is 4.90 Å². The summed E-state index contributed by atoms with van der Waals surface area (Å²) in [5, 5.41) is 9.55. The van der Waals surface area contributed by atoms with E-state index in [2.05, 4.69) is 10.2 Å². The fourth-order valence-corrected chi connectivity index (χ4v) is 5.08. The number of nitrogens with zero attached hydrogens (tertiary/aromatic N) is 4. The number of rotatable bonds is 5. The molecule has 1 spiro atoms. The van der Waals surface area contributed by atoms with Crippen LogP contribution in [0.5, 0.6) is 0 Å². The van der Waals surface area contributed by atoms with Crippen LogP contribution in [0.4, 0.5) is 18.9 Å². The first kappa shape index (κ1) is 24.6. The van der Waals surface area contributed by atoms with Gasteiger partial charge in [-0.25, -0.2) is 0 Å². The molecule has 3 amide bonds. The lowest BCUT2D eigenvalue weighted by atomic mass is 9.85. The molecule has 0 radical (unpaired) electrons. The molecule has 2 fully saturated rings. The molecule has 194 valence electrons. The summed E-state index contributed by atoms with van der Waals surface area (Å²) in [6.07, 6.45) is -2.23. The van der Waals surface area contributed by atoms with Crippen LogP contribution < -0.4 is 10.2 Å². The van der Waals surface area contributed by atoms with Gasteiger partial charge in [0, 0.05) is 29.7 Å². The van der Waals surface area contributed by atoms with Gasteiger partial charge in [0.15, 0.2) is 0 Å². The Bertz CT molecular complexity index is 1320. The average molecular weight is 515 g/mol. The van der Waals surface area contributed by atoms with Gasteiger partial charge in [-0.2, -0.15) is 18.3 Å². The van der Waals surface area contributed by atoms with Gasteiger partial charge in [0.1, 0.15) is 18.6 Å². The number of nitrogens with one attached hydrogen (secondary N) is 2. The highest BCUT2D eigenvalue weighted by Crippen LogP contribution is 2.39.